The summed E-state index contributed by atoms with van der Waals surface area (Å²) in [5.41, 5.74) is 0.979. The molecule has 1 saturated carbocycles. The lowest BCUT2D eigenvalue weighted by Crippen LogP contribution is -2.41. The van der Waals surface area contributed by atoms with Gasteiger partial charge in [0.2, 0.25) is 0 Å². The first-order chi connectivity index (χ1) is 11.3. The van der Waals surface area contributed by atoms with Gasteiger partial charge in [0.05, 0.1) is 32.0 Å². The lowest BCUT2D eigenvalue weighted by atomic mass is 9.91. The van der Waals surface area contributed by atoms with Crippen LogP contribution in [0, 0.1) is 11.8 Å². The van der Waals surface area contributed by atoms with Crippen molar-refractivity contribution in [3.8, 4) is 0 Å². The van der Waals surface area contributed by atoms with E-state index in [1.54, 1.807) is 0 Å². The molecule has 1 saturated heterocycles. The topological polar surface area (TPSA) is 99.1 Å². The van der Waals surface area contributed by atoms with Crippen LogP contribution in [0.4, 0.5) is 0 Å². The maximum absolute atomic E-state index is 11.6. The van der Waals surface area contributed by atoms with Crippen molar-refractivity contribution < 1.29 is 32.0 Å². The molecule has 1 unspecified atom stereocenters. The largest absolute Gasteiger partial charge is 0.457 e. The van der Waals surface area contributed by atoms with E-state index in [0.717, 1.165) is 11.8 Å². The highest BCUT2D eigenvalue weighted by molar-refractivity contribution is 7.86. The van der Waals surface area contributed by atoms with Crippen LogP contribution in [-0.4, -0.2) is 50.7 Å². The Kier molecular flexibility index (Phi) is 4.91. The molecular weight excluding hydrogens is 336 g/mol. The Hall–Kier alpha value is -1.48. The number of hydrogen-bond acceptors (Lipinski definition) is 7. The first kappa shape index (κ1) is 17.3. The summed E-state index contributed by atoms with van der Waals surface area (Å²) < 4.78 is 38.9. The molecule has 24 heavy (non-hydrogen) atoms. The Morgan fingerprint density at radius 3 is 2.67 bits per heavy atom. The van der Waals surface area contributed by atoms with Crippen LogP contribution in [0.1, 0.15) is 12.0 Å². The van der Waals surface area contributed by atoms with Crippen molar-refractivity contribution in [1.82, 2.24) is 0 Å². The number of rotatable bonds is 6. The Morgan fingerprint density at radius 2 is 2.00 bits per heavy atom. The molecule has 1 heterocycles. The zero-order chi connectivity index (χ0) is 17.3. The van der Waals surface area contributed by atoms with E-state index in [2.05, 4.69) is 0 Å². The van der Waals surface area contributed by atoms with E-state index in [0.29, 0.717) is 6.61 Å². The van der Waals surface area contributed by atoms with Crippen LogP contribution >= 0.6 is 0 Å². The molecule has 1 aliphatic heterocycles. The maximum atomic E-state index is 11.6. The third-order valence-electron chi connectivity index (χ3n) is 4.45. The first-order valence-electron chi connectivity index (χ1n) is 7.72. The quantitative estimate of drug-likeness (QED) is 0.584. The lowest BCUT2D eigenvalue weighted by Gasteiger charge is -2.26. The minimum atomic E-state index is -3.76. The molecule has 1 aromatic carbocycles. The van der Waals surface area contributed by atoms with Crippen LogP contribution in [0.15, 0.2) is 30.3 Å². The molecule has 0 radical (unpaired) electrons. The Bertz CT molecular complexity index is 688. The van der Waals surface area contributed by atoms with Gasteiger partial charge in [0.15, 0.2) is 6.10 Å². The van der Waals surface area contributed by atoms with Crippen molar-refractivity contribution in [2.24, 2.45) is 11.8 Å². The second-order valence-corrected chi connectivity index (χ2v) is 7.84. The van der Waals surface area contributed by atoms with Crippen LogP contribution in [0.5, 0.6) is 0 Å². The second-order valence-electron chi connectivity index (χ2n) is 6.24. The number of fused-ring (bicyclic) bond motifs is 2. The summed E-state index contributed by atoms with van der Waals surface area (Å²) in [4.78, 5) is 11.6. The fourth-order valence-corrected chi connectivity index (χ4v) is 4.07. The molecule has 1 aliphatic carbocycles. The number of hydrogen-bond donors (Lipinski definition) is 1. The monoisotopic (exact) mass is 356 g/mol. The number of ether oxygens (including phenoxy) is 2. The smallest absolute Gasteiger partial charge is 0.306 e. The van der Waals surface area contributed by atoms with Crippen LogP contribution < -0.4 is 0 Å². The van der Waals surface area contributed by atoms with Crippen molar-refractivity contribution in [3.05, 3.63) is 35.9 Å². The van der Waals surface area contributed by atoms with Gasteiger partial charge < -0.3 is 14.6 Å². The van der Waals surface area contributed by atoms with E-state index in [1.165, 1.54) is 0 Å². The van der Waals surface area contributed by atoms with E-state index in [4.69, 9.17) is 13.7 Å². The van der Waals surface area contributed by atoms with E-state index in [1.807, 2.05) is 30.3 Å². The van der Waals surface area contributed by atoms with Crippen LogP contribution in [0.3, 0.4) is 0 Å². The van der Waals surface area contributed by atoms with Gasteiger partial charge in [-0.15, -0.1) is 0 Å². The predicted octanol–water partition coefficient (Wildman–Crippen LogP) is 0.470. The fraction of sp³-hybridized carbons (Fsp3) is 0.562. The summed E-state index contributed by atoms with van der Waals surface area (Å²) >= 11 is 0. The van der Waals surface area contributed by atoms with Crippen molar-refractivity contribution in [2.75, 3.05) is 12.9 Å². The van der Waals surface area contributed by atoms with E-state index in [-0.39, 0.29) is 13.0 Å². The van der Waals surface area contributed by atoms with Crippen LogP contribution in [-0.2, 0) is 35.2 Å². The van der Waals surface area contributed by atoms with Gasteiger partial charge in [-0.3, -0.25) is 8.98 Å². The summed E-state index contributed by atoms with van der Waals surface area (Å²) in [5.74, 6) is -1.32. The zero-order valence-corrected chi connectivity index (χ0v) is 14.0. The standard InChI is InChI=1S/C16H20O7S/c1-24(19,20)23-15-12(9-21-8-10-5-3-2-4-6-10)11-7-13(17)22-16(15)14(11)18/h2-6,11-12,14-16,18H,7-9H2,1H3/t11-,12+,14+,15-,16?/m1/s1. The van der Waals surface area contributed by atoms with Crippen LogP contribution in [0.2, 0.25) is 0 Å². The molecule has 0 amide bonds. The van der Waals surface area contributed by atoms with E-state index in [9.17, 15) is 18.3 Å². The second kappa shape index (κ2) is 6.79. The lowest BCUT2D eigenvalue weighted by molar-refractivity contribution is -0.167. The summed E-state index contributed by atoms with van der Waals surface area (Å²) in [6.45, 7) is 0.523. The van der Waals surface area contributed by atoms with Gasteiger partial charge in [0.1, 0.15) is 6.10 Å². The Morgan fingerprint density at radius 1 is 1.29 bits per heavy atom. The third kappa shape index (κ3) is 3.77. The third-order valence-corrected chi connectivity index (χ3v) is 5.02. The molecule has 8 heteroatoms. The molecule has 2 bridgehead atoms. The average molecular weight is 356 g/mol. The molecule has 2 fully saturated rings. The summed E-state index contributed by atoms with van der Waals surface area (Å²) in [5, 5.41) is 10.3. The highest BCUT2D eigenvalue weighted by atomic mass is 32.2. The minimum absolute atomic E-state index is 0.0284. The van der Waals surface area contributed by atoms with Gasteiger partial charge in [0, 0.05) is 11.8 Å². The Labute approximate surface area is 140 Å². The molecule has 0 aromatic heterocycles. The summed E-state index contributed by atoms with van der Waals surface area (Å²) in [6.07, 6.45) is -1.88. The number of carbonyl (C=O) groups is 1. The molecule has 2 aliphatic rings. The highest BCUT2D eigenvalue weighted by Crippen LogP contribution is 2.43. The van der Waals surface area contributed by atoms with Crippen molar-refractivity contribution in [2.45, 2.75) is 31.3 Å². The molecule has 132 valence electrons. The van der Waals surface area contributed by atoms with E-state index >= 15 is 0 Å². The number of aliphatic hydroxyl groups excluding tert-OH is 1. The normalized spacial score (nSPS) is 32.6. The van der Waals surface area contributed by atoms with Crippen molar-refractivity contribution >= 4 is 16.1 Å². The molecular formula is C16H20O7S. The van der Waals surface area contributed by atoms with Gasteiger partial charge in [-0.25, -0.2) is 0 Å². The van der Waals surface area contributed by atoms with Gasteiger partial charge in [-0.1, -0.05) is 30.3 Å². The van der Waals surface area contributed by atoms with Crippen molar-refractivity contribution in [1.29, 1.82) is 0 Å². The molecule has 1 aromatic rings. The summed E-state index contributed by atoms with van der Waals surface area (Å²) in [7, 11) is -3.76. The maximum Gasteiger partial charge on any atom is 0.306 e. The van der Waals surface area contributed by atoms with E-state index < -0.39 is 46.2 Å². The molecule has 0 spiro atoms. The van der Waals surface area contributed by atoms with Gasteiger partial charge >= 0.3 is 5.97 Å². The average Bonchev–Trinajstić information content (AvgIpc) is 2.66. The first-order valence-corrected chi connectivity index (χ1v) is 9.54. The fourth-order valence-electron chi connectivity index (χ4n) is 3.41. The summed E-state index contributed by atoms with van der Waals surface area (Å²) in [6, 6.07) is 9.52. The van der Waals surface area contributed by atoms with Gasteiger partial charge in [-0.05, 0) is 5.56 Å². The van der Waals surface area contributed by atoms with Crippen LogP contribution in [0.25, 0.3) is 0 Å². The SMILES string of the molecule is CS(=O)(=O)O[C@H]1C2OC(=O)C[C@H]([C@@H]1COCc1ccccc1)[C@@H]2O. The predicted molar refractivity (Wildman–Crippen MR) is 83.3 cm³/mol. The molecule has 1 N–H and O–H groups in total. The zero-order valence-electron chi connectivity index (χ0n) is 13.2. The Balaban J connectivity index is 1.71. The number of aliphatic hydroxyl groups is 1. The van der Waals surface area contributed by atoms with Gasteiger partial charge in [-0.2, -0.15) is 8.42 Å². The van der Waals surface area contributed by atoms with Crippen molar-refractivity contribution in [3.63, 3.8) is 0 Å². The highest BCUT2D eigenvalue weighted by Gasteiger charge is 2.57. The number of carbonyl (C=O) groups excluding carboxylic acids is 1. The molecule has 5 atom stereocenters. The molecule has 3 rings (SSSR count). The number of benzene rings is 1. The van der Waals surface area contributed by atoms with Gasteiger partial charge in [0.25, 0.3) is 10.1 Å². The minimum Gasteiger partial charge on any atom is -0.457 e. The number of esters is 1. The molecule has 7 nitrogen and oxygen atoms in total.